The Morgan fingerprint density at radius 2 is 1.83 bits per heavy atom. The standard InChI is InChI=1S/C23H32N6O/c1-16(2)13-28-19(5)22(17(3)26-28)11-12-23(30)27(6)18(4)20-7-9-21(10-8-20)29-15-24-14-25-29/h7-10,14-16,18H,11-13H2,1-6H3. The quantitative estimate of drug-likeness (QED) is 0.567. The highest BCUT2D eigenvalue weighted by atomic mass is 16.2. The third-order valence-electron chi connectivity index (χ3n) is 5.69. The third kappa shape index (κ3) is 4.78. The Hall–Kier alpha value is -2.96. The fraction of sp³-hybridized carbons (Fsp3) is 0.478. The zero-order chi connectivity index (χ0) is 21.8. The van der Waals surface area contributed by atoms with Gasteiger partial charge in [0, 0.05) is 25.7 Å². The first kappa shape index (κ1) is 21.7. The number of hydrogen-bond acceptors (Lipinski definition) is 4. The molecule has 0 fully saturated rings. The molecule has 0 aliphatic heterocycles. The number of aryl methyl sites for hydroxylation is 1. The molecule has 0 saturated heterocycles. The minimum atomic E-state index is -0.00634. The molecule has 3 aromatic rings. The van der Waals surface area contributed by atoms with E-state index in [0.717, 1.165) is 29.9 Å². The third-order valence-corrected chi connectivity index (χ3v) is 5.69. The van der Waals surface area contributed by atoms with Gasteiger partial charge >= 0.3 is 0 Å². The molecule has 2 aromatic heterocycles. The van der Waals surface area contributed by atoms with Crippen molar-refractivity contribution >= 4 is 5.91 Å². The molecule has 0 radical (unpaired) electrons. The monoisotopic (exact) mass is 408 g/mol. The molecule has 3 rings (SSSR count). The van der Waals surface area contributed by atoms with Gasteiger partial charge in [0.15, 0.2) is 0 Å². The average molecular weight is 409 g/mol. The van der Waals surface area contributed by atoms with Crippen LogP contribution in [0.4, 0.5) is 0 Å². The first-order valence-electron chi connectivity index (χ1n) is 10.5. The van der Waals surface area contributed by atoms with Crippen LogP contribution in [0.5, 0.6) is 0 Å². The number of carbonyl (C=O) groups is 1. The van der Waals surface area contributed by atoms with E-state index in [-0.39, 0.29) is 11.9 Å². The lowest BCUT2D eigenvalue weighted by molar-refractivity contribution is -0.131. The number of carbonyl (C=O) groups excluding carboxylic acids is 1. The Balaban J connectivity index is 1.62. The Kier molecular flexibility index (Phi) is 6.70. The van der Waals surface area contributed by atoms with E-state index < -0.39 is 0 Å². The second kappa shape index (κ2) is 9.24. The van der Waals surface area contributed by atoms with Crippen molar-refractivity contribution in [2.45, 2.75) is 60.0 Å². The van der Waals surface area contributed by atoms with E-state index in [4.69, 9.17) is 0 Å². The van der Waals surface area contributed by atoms with Gasteiger partial charge < -0.3 is 4.90 Å². The number of aromatic nitrogens is 5. The summed E-state index contributed by atoms with van der Waals surface area (Å²) in [6.45, 7) is 11.5. The van der Waals surface area contributed by atoms with Crippen LogP contribution in [0.25, 0.3) is 5.69 Å². The van der Waals surface area contributed by atoms with Crippen molar-refractivity contribution in [1.82, 2.24) is 29.4 Å². The average Bonchev–Trinajstić information content (AvgIpc) is 3.34. The molecule has 0 N–H and O–H groups in total. The number of nitrogens with zero attached hydrogens (tertiary/aromatic N) is 6. The summed E-state index contributed by atoms with van der Waals surface area (Å²) in [4.78, 5) is 18.7. The molecular formula is C23H32N6O. The molecule has 1 amide bonds. The van der Waals surface area contributed by atoms with Crippen LogP contribution in [0.15, 0.2) is 36.9 Å². The minimum Gasteiger partial charge on any atom is -0.339 e. The molecular weight excluding hydrogens is 376 g/mol. The van der Waals surface area contributed by atoms with E-state index in [1.54, 1.807) is 11.0 Å². The van der Waals surface area contributed by atoms with Gasteiger partial charge in [0.05, 0.1) is 17.4 Å². The maximum absolute atomic E-state index is 12.9. The van der Waals surface area contributed by atoms with Gasteiger partial charge in [0.25, 0.3) is 0 Å². The summed E-state index contributed by atoms with van der Waals surface area (Å²) >= 11 is 0. The van der Waals surface area contributed by atoms with Crippen LogP contribution >= 0.6 is 0 Å². The molecule has 0 aliphatic rings. The molecule has 160 valence electrons. The fourth-order valence-electron chi connectivity index (χ4n) is 3.71. The predicted octanol–water partition coefficient (Wildman–Crippen LogP) is 3.89. The van der Waals surface area contributed by atoms with Crippen LogP contribution in [-0.2, 0) is 17.8 Å². The zero-order valence-electron chi connectivity index (χ0n) is 18.8. The van der Waals surface area contributed by atoms with Crippen LogP contribution in [0, 0.1) is 19.8 Å². The highest BCUT2D eigenvalue weighted by molar-refractivity contribution is 5.76. The van der Waals surface area contributed by atoms with E-state index in [1.165, 1.54) is 17.6 Å². The van der Waals surface area contributed by atoms with Gasteiger partial charge in [-0.1, -0.05) is 26.0 Å². The number of benzene rings is 1. The van der Waals surface area contributed by atoms with E-state index in [9.17, 15) is 4.79 Å². The maximum Gasteiger partial charge on any atom is 0.223 e. The summed E-state index contributed by atoms with van der Waals surface area (Å²) in [5.41, 5.74) is 5.43. The van der Waals surface area contributed by atoms with Crippen LogP contribution in [0.3, 0.4) is 0 Å². The SMILES string of the molecule is Cc1nn(CC(C)C)c(C)c1CCC(=O)N(C)C(C)c1ccc(-n2cncn2)cc1. The van der Waals surface area contributed by atoms with Crippen molar-refractivity contribution in [3.05, 3.63) is 59.4 Å². The number of hydrogen-bond donors (Lipinski definition) is 0. The smallest absolute Gasteiger partial charge is 0.223 e. The molecule has 0 aliphatic carbocycles. The van der Waals surface area contributed by atoms with Crippen LogP contribution in [0.2, 0.25) is 0 Å². The number of rotatable bonds is 8. The minimum absolute atomic E-state index is 0.00634. The molecule has 1 aromatic carbocycles. The molecule has 1 atom stereocenters. The molecule has 0 saturated carbocycles. The van der Waals surface area contributed by atoms with Crippen LogP contribution < -0.4 is 0 Å². The van der Waals surface area contributed by atoms with Gasteiger partial charge in [0.1, 0.15) is 12.7 Å². The van der Waals surface area contributed by atoms with Crippen molar-refractivity contribution in [2.24, 2.45) is 5.92 Å². The molecule has 1 unspecified atom stereocenters. The topological polar surface area (TPSA) is 68.8 Å². The van der Waals surface area contributed by atoms with Gasteiger partial charge in [-0.3, -0.25) is 9.48 Å². The fourth-order valence-corrected chi connectivity index (χ4v) is 3.71. The normalized spacial score (nSPS) is 12.4. The zero-order valence-corrected chi connectivity index (χ0v) is 18.8. The van der Waals surface area contributed by atoms with Crippen LogP contribution in [-0.4, -0.2) is 42.4 Å². The van der Waals surface area contributed by atoms with Crippen molar-refractivity contribution in [2.75, 3.05) is 7.05 Å². The summed E-state index contributed by atoms with van der Waals surface area (Å²) in [7, 11) is 1.88. The van der Waals surface area contributed by atoms with Crippen molar-refractivity contribution in [3.63, 3.8) is 0 Å². The van der Waals surface area contributed by atoms with Gasteiger partial charge in [-0.15, -0.1) is 0 Å². The summed E-state index contributed by atoms with van der Waals surface area (Å²) < 4.78 is 3.79. The van der Waals surface area contributed by atoms with E-state index in [2.05, 4.69) is 47.6 Å². The van der Waals surface area contributed by atoms with Gasteiger partial charge in [0.2, 0.25) is 5.91 Å². The first-order valence-corrected chi connectivity index (χ1v) is 10.5. The second-order valence-corrected chi connectivity index (χ2v) is 8.34. The Morgan fingerprint density at radius 3 is 2.43 bits per heavy atom. The molecule has 0 bridgehead atoms. The van der Waals surface area contributed by atoms with Crippen molar-refractivity contribution in [3.8, 4) is 5.69 Å². The molecule has 30 heavy (non-hydrogen) atoms. The lowest BCUT2D eigenvalue weighted by Crippen LogP contribution is -2.29. The van der Waals surface area contributed by atoms with Crippen molar-refractivity contribution in [1.29, 1.82) is 0 Å². The molecule has 2 heterocycles. The molecule has 7 nitrogen and oxygen atoms in total. The highest BCUT2D eigenvalue weighted by Gasteiger charge is 2.19. The Morgan fingerprint density at radius 1 is 1.13 bits per heavy atom. The number of amides is 1. The summed E-state index contributed by atoms with van der Waals surface area (Å²) in [5.74, 6) is 0.679. The summed E-state index contributed by atoms with van der Waals surface area (Å²) in [5, 5.41) is 8.81. The van der Waals surface area contributed by atoms with E-state index in [1.807, 2.05) is 43.1 Å². The molecule has 0 spiro atoms. The lowest BCUT2D eigenvalue weighted by Gasteiger charge is -2.25. The van der Waals surface area contributed by atoms with E-state index in [0.29, 0.717) is 12.3 Å². The van der Waals surface area contributed by atoms with Crippen molar-refractivity contribution < 1.29 is 4.79 Å². The largest absolute Gasteiger partial charge is 0.339 e. The van der Waals surface area contributed by atoms with Gasteiger partial charge in [-0.25, -0.2) is 9.67 Å². The van der Waals surface area contributed by atoms with Crippen LogP contribution in [0.1, 0.15) is 55.7 Å². The summed E-state index contributed by atoms with van der Waals surface area (Å²) in [6.07, 6.45) is 4.38. The lowest BCUT2D eigenvalue weighted by atomic mass is 10.0. The Bertz CT molecular complexity index is 972. The van der Waals surface area contributed by atoms with Gasteiger partial charge in [-0.2, -0.15) is 10.2 Å². The van der Waals surface area contributed by atoms with Gasteiger partial charge in [-0.05, 0) is 56.4 Å². The summed E-state index contributed by atoms with van der Waals surface area (Å²) in [6, 6.07) is 8.06. The maximum atomic E-state index is 12.9. The molecule has 7 heteroatoms. The highest BCUT2D eigenvalue weighted by Crippen LogP contribution is 2.22. The second-order valence-electron chi connectivity index (χ2n) is 8.34. The van der Waals surface area contributed by atoms with E-state index >= 15 is 0 Å². The predicted molar refractivity (Wildman–Crippen MR) is 117 cm³/mol. The Labute approximate surface area is 178 Å². The first-order chi connectivity index (χ1) is 14.3.